The van der Waals surface area contributed by atoms with Crippen LogP contribution in [0.3, 0.4) is 0 Å². The largest absolute Gasteiger partial charge is 3.00 e. The standard InChI is InChI=1S/C14H13F2N2.C9H18N6.Ir/c1-14(2,3)9-6-7-17-11(8-9)10-4-5-12(15)18-13(10)16;1-6(2)10-9(11-7(3)4)15-8(5)12-13-14-15;/h5-8H,1-3H3;6-7,9H,1-5H3;/q-1;-2;+3. The molecule has 0 spiro atoms. The summed E-state index contributed by atoms with van der Waals surface area (Å²) in [4.78, 5) is 7.22. The number of hydrogen-bond donors (Lipinski definition) is 0. The second-order valence-electron chi connectivity index (χ2n) is 9.07. The smallest absolute Gasteiger partial charge is 0.657 e. The molecule has 0 aliphatic heterocycles. The first-order valence-corrected chi connectivity index (χ1v) is 10.7. The SMILES string of the molecule is CC(C)(C)c1ccnc(-c2[c-]cc(F)nc2F)c1.Cc1nnnn1C([N-]C(C)C)[N-]C(C)C.[Ir+3]. The van der Waals surface area contributed by atoms with Crippen molar-refractivity contribution in [1.29, 1.82) is 0 Å². The second-order valence-corrected chi connectivity index (χ2v) is 9.07. The van der Waals surface area contributed by atoms with E-state index in [1.165, 1.54) is 0 Å². The molecule has 0 N–H and O–H groups in total. The zero-order valence-corrected chi connectivity index (χ0v) is 23.1. The Bertz CT molecular complexity index is 1020. The van der Waals surface area contributed by atoms with Gasteiger partial charge in [0.2, 0.25) is 0 Å². The molecule has 3 rings (SSSR count). The Morgan fingerprint density at radius 1 is 1.06 bits per heavy atom. The third-order valence-corrected chi connectivity index (χ3v) is 4.37. The van der Waals surface area contributed by atoms with Gasteiger partial charge < -0.3 is 15.6 Å². The molecule has 0 unspecified atom stereocenters. The molecule has 0 saturated heterocycles. The van der Waals surface area contributed by atoms with Crippen molar-refractivity contribution in [3.8, 4) is 11.3 Å². The zero-order valence-electron chi connectivity index (χ0n) is 20.7. The fourth-order valence-corrected chi connectivity index (χ4v) is 2.74. The predicted molar refractivity (Wildman–Crippen MR) is 124 cm³/mol. The Morgan fingerprint density at radius 3 is 2.15 bits per heavy atom. The monoisotopic (exact) mass is 650 g/mol. The molecule has 0 saturated carbocycles. The molecule has 3 aromatic heterocycles. The van der Waals surface area contributed by atoms with Crippen LogP contribution in [-0.2, 0) is 25.5 Å². The van der Waals surface area contributed by atoms with E-state index in [1.54, 1.807) is 16.9 Å². The van der Waals surface area contributed by atoms with Crippen LogP contribution < -0.4 is 0 Å². The van der Waals surface area contributed by atoms with Crippen LogP contribution >= 0.6 is 0 Å². The fraction of sp³-hybridized carbons (Fsp3) is 0.522. The summed E-state index contributed by atoms with van der Waals surface area (Å²) < 4.78 is 27.9. The van der Waals surface area contributed by atoms with E-state index >= 15 is 0 Å². The van der Waals surface area contributed by atoms with E-state index in [2.05, 4.69) is 63.0 Å². The molecule has 8 nitrogen and oxygen atoms in total. The van der Waals surface area contributed by atoms with Gasteiger partial charge in [-0.25, -0.2) is 8.78 Å². The molecular formula is C23H31F2IrN8. The number of nitrogens with zero attached hydrogens (tertiary/aromatic N) is 8. The summed E-state index contributed by atoms with van der Waals surface area (Å²) in [7, 11) is 0. The van der Waals surface area contributed by atoms with Gasteiger partial charge in [-0.15, -0.1) is 29.5 Å². The summed E-state index contributed by atoms with van der Waals surface area (Å²) >= 11 is 0. The van der Waals surface area contributed by atoms with Gasteiger partial charge in [0.15, 0.2) is 0 Å². The van der Waals surface area contributed by atoms with Crippen LogP contribution in [0.25, 0.3) is 21.9 Å². The van der Waals surface area contributed by atoms with Crippen molar-refractivity contribution in [3.05, 3.63) is 64.4 Å². The molecule has 3 aromatic rings. The maximum Gasteiger partial charge on any atom is 3.00 e. The number of hydrogen-bond acceptors (Lipinski definition) is 5. The van der Waals surface area contributed by atoms with Gasteiger partial charge in [-0.05, 0) is 40.1 Å². The predicted octanol–water partition coefficient (Wildman–Crippen LogP) is 5.52. The molecule has 11 heteroatoms. The Hall–Kier alpha value is -2.20. The van der Waals surface area contributed by atoms with E-state index < -0.39 is 11.9 Å². The van der Waals surface area contributed by atoms with Crippen molar-refractivity contribution in [1.82, 2.24) is 30.2 Å². The van der Waals surface area contributed by atoms with E-state index in [4.69, 9.17) is 0 Å². The molecular weight excluding hydrogens is 619 g/mol. The van der Waals surface area contributed by atoms with E-state index in [-0.39, 0.29) is 49.5 Å². The second kappa shape index (κ2) is 13.0. The van der Waals surface area contributed by atoms with Gasteiger partial charge in [0, 0.05) is 6.20 Å². The van der Waals surface area contributed by atoms with Crippen LogP contribution in [-0.4, -0.2) is 42.3 Å². The van der Waals surface area contributed by atoms with Crippen LogP contribution in [0.2, 0.25) is 0 Å². The van der Waals surface area contributed by atoms with Crippen molar-refractivity contribution < 1.29 is 28.9 Å². The first-order chi connectivity index (χ1) is 15.4. The summed E-state index contributed by atoms with van der Waals surface area (Å²) in [5.74, 6) is -1.05. The minimum Gasteiger partial charge on any atom is -0.657 e. The molecule has 0 aliphatic rings. The molecule has 34 heavy (non-hydrogen) atoms. The summed E-state index contributed by atoms with van der Waals surface area (Å²) in [6.45, 7) is 16.1. The molecule has 0 bridgehead atoms. The van der Waals surface area contributed by atoms with Crippen LogP contribution in [0.4, 0.5) is 8.78 Å². The summed E-state index contributed by atoms with van der Waals surface area (Å²) in [5.41, 5.74) is 1.45. The number of tetrazole rings is 1. The molecule has 0 radical (unpaired) electrons. The van der Waals surface area contributed by atoms with Gasteiger partial charge in [0.25, 0.3) is 0 Å². The Balaban J connectivity index is 0.000000336. The maximum atomic E-state index is 13.5. The minimum atomic E-state index is -0.895. The van der Waals surface area contributed by atoms with Crippen LogP contribution in [0.5, 0.6) is 0 Å². The zero-order chi connectivity index (χ0) is 24.8. The van der Waals surface area contributed by atoms with Gasteiger partial charge in [-0.3, -0.25) is 9.67 Å². The topological polar surface area (TPSA) is 97.6 Å². The van der Waals surface area contributed by atoms with E-state index in [1.807, 2.05) is 40.7 Å². The summed E-state index contributed by atoms with van der Waals surface area (Å²) in [6, 6.07) is 7.59. The third-order valence-electron chi connectivity index (χ3n) is 4.37. The van der Waals surface area contributed by atoms with Crippen molar-refractivity contribution in [2.45, 2.75) is 79.2 Å². The van der Waals surface area contributed by atoms with E-state index in [9.17, 15) is 8.78 Å². The van der Waals surface area contributed by atoms with Crippen molar-refractivity contribution >= 4 is 0 Å². The fourth-order valence-electron chi connectivity index (χ4n) is 2.74. The Kier molecular flexibility index (Phi) is 11.4. The minimum absolute atomic E-state index is 0. The third kappa shape index (κ3) is 8.87. The number of rotatable bonds is 6. The molecule has 0 aliphatic carbocycles. The first-order valence-electron chi connectivity index (χ1n) is 10.7. The van der Waals surface area contributed by atoms with E-state index in [0.29, 0.717) is 5.69 Å². The van der Waals surface area contributed by atoms with Crippen LogP contribution in [0.15, 0.2) is 24.4 Å². The number of halogens is 2. The molecule has 0 atom stereocenters. The quantitative estimate of drug-likeness (QED) is 0.259. The molecule has 0 aromatic carbocycles. The Labute approximate surface area is 213 Å². The number of aryl methyl sites for hydroxylation is 1. The number of aromatic nitrogens is 6. The normalized spacial score (nSPS) is 11.4. The average Bonchev–Trinajstić information content (AvgIpc) is 3.13. The van der Waals surface area contributed by atoms with Crippen molar-refractivity contribution in [2.24, 2.45) is 0 Å². The van der Waals surface area contributed by atoms with Gasteiger partial charge >= 0.3 is 20.1 Å². The van der Waals surface area contributed by atoms with Crippen LogP contribution in [0, 0.1) is 24.9 Å². The number of pyridine rings is 2. The maximum absolute atomic E-state index is 13.5. The summed E-state index contributed by atoms with van der Waals surface area (Å²) in [5, 5.41) is 20.3. The Morgan fingerprint density at radius 2 is 1.68 bits per heavy atom. The van der Waals surface area contributed by atoms with Gasteiger partial charge in [0.1, 0.15) is 17.7 Å². The molecule has 186 valence electrons. The van der Waals surface area contributed by atoms with Gasteiger partial charge in [-0.1, -0.05) is 66.2 Å². The molecule has 0 amide bonds. The van der Waals surface area contributed by atoms with Crippen LogP contribution in [0.1, 0.15) is 66.1 Å². The first kappa shape index (κ1) is 29.8. The van der Waals surface area contributed by atoms with Crippen molar-refractivity contribution in [3.63, 3.8) is 0 Å². The van der Waals surface area contributed by atoms with Crippen molar-refractivity contribution in [2.75, 3.05) is 0 Å². The van der Waals surface area contributed by atoms with Gasteiger partial charge in [0.05, 0.1) is 0 Å². The average molecular weight is 650 g/mol. The molecule has 3 heterocycles. The molecule has 0 fully saturated rings. The summed E-state index contributed by atoms with van der Waals surface area (Å²) in [6.07, 6.45) is 1.30. The van der Waals surface area contributed by atoms with E-state index in [0.717, 1.165) is 17.5 Å². The van der Waals surface area contributed by atoms with Gasteiger partial charge in [-0.2, -0.15) is 0 Å².